The number of carbonyl (C=O) groups is 2. The van der Waals surface area contributed by atoms with Crippen molar-refractivity contribution in [3.63, 3.8) is 0 Å². The van der Waals surface area contributed by atoms with E-state index in [2.05, 4.69) is 0 Å². The van der Waals surface area contributed by atoms with Crippen LogP contribution >= 0.6 is 11.8 Å². The van der Waals surface area contributed by atoms with Gasteiger partial charge in [0, 0.05) is 6.54 Å². The monoisotopic (exact) mass is 349 g/mol. The Hall–Kier alpha value is -1.95. The van der Waals surface area contributed by atoms with Crippen LogP contribution in [0.1, 0.15) is 39.7 Å². The van der Waals surface area contributed by atoms with Gasteiger partial charge in [0.25, 0.3) is 11.1 Å². The van der Waals surface area contributed by atoms with Gasteiger partial charge in [-0.25, -0.2) is 0 Å². The fraction of sp³-hybridized carbons (Fsp3) is 0.444. The van der Waals surface area contributed by atoms with Gasteiger partial charge in [-0.3, -0.25) is 14.5 Å². The maximum atomic E-state index is 12.3. The smallest absolute Gasteiger partial charge is 0.293 e. The van der Waals surface area contributed by atoms with Crippen LogP contribution in [0.3, 0.4) is 0 Å². The van der Waals surface area contributed by atoms with E-state index in [0.29, 0.717) is 29.6 Å². The van der Waals surface area contributed by atoms with Gasteiger partial charge in [-0.05, 0) is 62.7 Å². The normalized spacial score (nSPS) is 16.4. The SMILES string of the molecule is CCCN1C(=O)S/C(=C/c2ccc(OC(C)C)c(OCC)c2)C1=O. The summed E-state index contributed by atoms with van der Waals surface area (Å²) in [5.74, 6) is 1.07. The Morgan fingerprint density at radius 2 is 1.96 bits per heavy atom. The number of imide groups is 1. The third-order valence-corrected chi connectivity index (χ3v) is 4.16. The van der Waals surface area contributed by atoms with Crippen LogP contribution in [0.15, 0.2) is 23.1 Å². The predicted molar refractivity (Wildman–Crippen MR) is 96.3 cm³/mol. The topological polar surface area (TPSA) is 55.8 Å². The molecular formula is C18H23NO4S. The number of nitrogens with zero attached hydrogens (tertiary/aromatic N) is 1. The van der Waals surface area contributed by atoms with Crippen LogP contribution in [0.2, 0.25) is 0 Å². The third-order valence-electron chi connectivity index (χ3n) is 3.25. The minimum atomic E-state index is -0.229. The molecule has 2 amide bonds. The van der Waals surface area contributed by atoms with Gasteiger partial charge in [-0.15, -0.1) is 0 Å². The van der Waals surface area contributed by atoms with Crippen molar-refractivity contribution >= 4 is 29.0 Å². The lowest BCUT2D eigenvalue weighted by Gasteiger charge is -2.15. The van der Waals surface area contributed by atoms with E-state index in [9.17, 15) is 9.59 Å². The van der Waals surface area contributed by atoms with Crippen molar-refractivity contribution < 1.29 is 19.1 Å². The first-order chi connectivity index (χ1) is 11.5. The second-order valence-electron chi connectivity index (χ2n) is 5.64. The molecule has 1 saturated heterocycles. The fourth-order valence-electron chi connectivity index (χ4n) is 2.30. The van der Waals surface area contributed by atoms with Crippen LogP contribution < -0.4 is 9.47 Å². The summed E-state index contributed by atoms with van der Waals surface area (Å²) < 4.78 is 11.4. The zero-order valence-corrected chi connectivity index (χ0v) is 15.3. The lowest BCUT2D eigenvalue weighted by Crippen LogP contribution is -2.28. The number of thioether (sulfide) groups is 1. The first-order valence-electron chi connectivity index (χ1n) is 8.15. The number of ether oxygens (including phenoxy) is 2. The molecule has 130 valence electrons. The molecule has 5 nitrogen and oxygen atoms in total. The zero-order chi connectivity index (χ0) is 17.7. The Kier molecular flexibility index (Phi) is 6.31. The van der Waals surface area contributed by atoms with Gasteiger partial charge >= 0.3 is 0 Å². The predicted octanol–water partition coefficient (Wildman–Crippen LogP) is 4.32. The molecule has 1 aromatic rings. The largest absolute Gasteiger partial charge is 0.490 e. The number of rotatable bonds is 7. The van der Waals surface area contributed by atoms with Gasteiger partial charge in [0.2, 0.25) is 0 Å². The Balaban J connectivity index is 2.27. The average Bonchev–Trinajstić information content (AvgIpc) is 2.78. The van der Waals surface area contributed by atoms with Crippen molar-refractivity contribution in [3.8, 4) is 11.5 Å². The molecule has 0 saturated carbocycles. The Morgan fingerprint density at radius 3 is 2.58 bits per heavy atom. The molecule has 0 bridgehead atoms. The molecule has 1 aliphatic heterocycles. The quantitative estimate of drug-likeness (QED) is 0.686. The molecule has 1 fully saturated rings. The van der Waals surface area contributed by atoms with Crippen molar-refractivity contribution in [2.75, 3.05) is 13.2 Å². The Bertz CT molecular complexity index is 654. The number of hydrogen-bond acceptors (Lipinski definition) is 5. The Morgan fingerprint density at radius 1 is 1.21 bits per heavy atom. The van der Waals surface area contributed by atoms with Crippen LogP contribution in [0, 0.1) is 0 Å². The first-order valence-corrected chi connectivity index (χ1v) is 8.96. The van der Waals surface area contributed by atoms with Crippen LogP contribution in [0.4, 0.5) is 4.79 Å². The molecule has 0 unspecified atom stereocenters. The second-order valence-corrected chi connectivity index (χ2v) is 6.63. The third kappa shape index (κ3) is 4.32. The van der Waals surface area contributed by atoms with Crippen molar-refractivity contribution in [3.05, 3.63) is 28.7 Å². The minimum absolute atomic E-state index is 0.0422. The fourth-order valence-corrected chi connectivity index (χ4v) is 3.17. The van der Waals surface area contributed by atoms with Crippen molar-refractivity contribution in [1.82, 2.24) is 4.90 Å². The molecule has 0 N–H and O–H groups in total. The van der Waals surface area contributed by atoms with Crippen molar-refractivity contribution in [2.24, 2.45) is 0 Å². The number of carbonyl (C=O) groups excluding carboxylic acids is 2. The van der Waals surface area contributed by atoms with Gasteiger partial charge in [-0.1, -0.05) is 13.0 Å². The van der Waals surface area contributed by atoms with E-state index in [0.717, 1.165) is 23.7 Å². The standard InChI is InChI=1S/C18H23NO4S/c1-5-9-19-17(20)16(24-18(19)21)11-13-7-8-14(23-12(3)4)15(10-13)22-6-2/h7-8,10-12H,5-6,9H2,1-4H3/b16-11+. The van der Waals surface area contributed by atoms with Gasteiger partial charge in [0.15, 0.2) is 11.5 Å². The van der Waals surface area contributed by atoms with Gasteiger partial charge in [0.05, 0.1) is 17.6 Å². The van der Waals surface area contributed by atoms with E-state index in [1.165, 1.54) is 4.90 Å². The summed E-state index contributed by atoms with van der Waals surface area (Å²) >= 11 is 0.977. The molecule has 0 atom stereocenters. The molecule has 6 heteroatoms. The summed E-state index contributed by atoms with van der Waals surface area (Å²) in [6, 6.07) is 5.51. The molecule has 0 spiro atoms. The summed E-state index contributed by atoms with van der Waals surface area (Å²) in [6.07, 6.45) is 2.52. The van der Waals surface area contributed by atoms with Crippen LogP contribution in [0.5, 0.6) is 11.5 Å². The minimum Gasteiger partial charge on any atom is -0.490 e. The van der Waals surface area contributed by atoms with Crippen molar-refractivity contribution in [2.45, 2.75) is 40.2 Å². The number of benzene rings is 1. The van der Waals surface area contributed by atoms with Gasteiger partial charge < -0.3 is 9.47 Å². The highest BCUT2D eigenvalue weighted by atomic mass is 32.2. The molecule has 2 rings (SSSR count). The molecule has 1 aromatic carbocycles. The summed E-state index contributed by atoms with van der Waals surface area (Å²) in [5.41, 5.74) is 0.802. The van der Waals surface area contributed by atoms with E-state index >= 15 is 0 Å². The molecule has 24 heavy (non-hydrogen) atoms. The summed E-state index contributed by atoms with van der Waals surface area (Å²) in [5, 5.41) is -0.210. The highest BCUT2D eigenvalue weighted by Gasteiger charge is 2.34. The molecule has 1 heterocycles. The van der Waals surface area contributed by atoms with Crippen LogP contribution in [-0.4, -0.2) is 35.3 Å². The summed E-state index contributed by atoms with van der Waals surface area (Å²) in [6.45, 7) is 8.72. The van der Waals surface area contributed by atoms with Crippen LogP contribution in [0.25, 0.3) is 6.08 Å². The zero-order valence-electron chi connectivity index (χ0n) is 14.5. The average molecular weight is 349 g/mol. The maximum Gasteiger partial charge on any atom is 0.293 e. The lowest BCUT2D eigenvalue weighted by molar-refractivity contribution is -0.122. The van der Waals surface area contributed by atoms with E-state index in [4.69, 9.17) is 9.47 Å². The van der Waals surface area contributed by atoms with Crippen molar-refractivity contribution in [1.29, 1.82) is 0 Å². The molecular weight excluding hydrogens is 326 g/mol. The van der Waals surface area contributed by atoms with Gasteiger partial charge in [0.1, 0.15) is 0 Å². The van der Waals surface area contributed by atoms with E-state index in [-0.39, 0.29) is 17.3 Å². The molecule has 0 aliphatic carbocycles. The summed E-state index contributed by atoms with van der Waals surface area (Å²) in [4.78, 5) is 25.9. The lowest BCUT2D eigenvalue weighted by atomic mass is 10.1. The van der Waals surface area contributed by atoms with E-state index in [1.54, 1.807) is 6.08 Å². The first kappa shape index (κ1) is 18.4. The van der Waals surface area contributed by atoms with E-state index < -0.39 is 0 Å². The van der Waals surface area contributed by atoms with Gasteiger partial charge in [-0.2, -0.15) is 0 Å². The Labute approximate surface area is 147 Å². The molecule has 1 aliphatic rings. The summed E-state index contributed by atoms with van der Waals surface area (Å²) in [7, 11) is 0. The highest BCUT2D eigenvalue weighted by Crippen LogP contribution is 2.35. The highest BCUT2D eigenvalue weighted by molar-refractivity contribution is 8.18. The number of hydrogen-bond donors (Lipinski definition) is 0. The maximum absolute atomic E-state index is 12.3. The second kappa shape index (κ2) is 8.24. The molecule has 0 radical (unpaired) electrons. The van der Waals surface area contributed by atoms with Crippen LogP contribution in [-0.2, 0) is 4.79 Å². The molecule has 0 aromatic heterocycles. The van der Waals surface area contributed by atoms with E-state index in [1.807, 2.05) is 45.9 Å². The number of amides is 2.